The maximum atomic E-state index is 4.19. The second kappa shape index (κ2) is 2.66. The summed E-state index contributed by atoms with van der Waals surface area (Å²) < 4.78 is 0. The normalized spacial score (nSPS) is 14.7. The van der Waals surface area contributed by atoms with Gasteiger partial charge in [-0.05, 0) is 11.0 Å². The van der Waals surface area contributed by atoms with E-state index in [0.717, 1.165) is 12.2 Å². The molecule has 0 bridgehead atoms. The first-order valence-electron chi connectivity index (χ1n) is 4.59. The van der Waals surface area contributed by atoms with E-state index >= 15 is 0 Å². The van der Waals surface area contributed by atoms with Crippen LogP contribution in [0.2, 0.25) is 0 Å². The van der Waals surface area contributed by atoms with Crippen molar-refractivity contribution in [3.05, 3.63) is 29.3 Å². The molecule has 0 N–H and O–H groups in total. The summed E-state index contributed by atoms with van der Waals surface area (Å²) in [6, 6.07) is 6.34. The van der Waals surface area contributed by atoms with Crippen LogP contribution in [-0.4, -0.2) is 0 Å². The second-order valence-corrected chi connectivity index (χ2v) is 4.46. The Kier molecular flexibility index (Phi) is 1.72. The van der Waals surface area contributed by atoms with Crippen LogP contribution < -0.4 is 0 Å². The van der Waals surface area contributed by atoms with Gasteiger partial charge in [-0.2, -0.15) is 10.2 Å². The third-order valence-electron chi connectivity index (χ3n) is 2.34. The zero-order valence-corrected chi connectivity index (χ0v) is 8.33. The molecule has 0 amide bonds. The van der Waals surface area contributed by atoms with Crippen molar-refractivity contribution in [1.29, 1.82) is 0 Å². The minimum Gasteiger partial charge on any atom is -0.184 e. The van der Waals surface area contributed by atoms with E-state index in [1.54, 1.807) is 0 Å². The summed E-state index contributed by atoms with van der Waals surface area (Å²) >= 11 is 0. The van der Waals surface area contributed by atoms with Crippen molar-refractivity contribution in [2.24, 2.45) is 10.2 Å². The number of fused-ring (bicyclic) bond motifs is 1. The minimum absolute atomic E-state index is 0.161. The summed E-state index contributed by atoms with van der Waals surface area (Å²) in [7, 11) is 0. The van der Waals surface area contributed by atoms with E-state index < -0.39 is 0 Å². The van der Waals surface area contributed by atoms with Crippen LogP contribution in [0.1, 0.15) is 31.9 Å². The molecule has 1 aliphatic rings. The predicted octanol–water partition coefficient (Wildman–Crippen LogP) is 3.58. The Morgan fingerprint density at radius 1 is 1.23 bits per heavy atom. The van der Waals surface area contributed by atoms with Crippen LogP contribution in [-0.2, 0) is 12.0 Å². The highest BCUT2D eigenvalue weighted by atomic mass is 15.1. The van der Waals surface area contributed by atoms with Gasteiger partial charge in [-0.25, -0.2) is 0 Å². The van der Waals surface area contributed by atoms with Crippen molar-refractivity contribution >= 4 is 5.69 Å². The third kappa shape index (κ3) is 1.37. The summed E-state index contributed by atoms with van der Waals surface area (Å²) in [6.07, 6.45) is 0. The second-order valence-electron chi connectivity index (χ2n) is 4.46. The standard InChI is InChI=1S/C11H14N2/c1-11(2,3)9-6-4-5-8-7-12-13-10(8)9/h4-6H,7H2,1-3H3. The van der Waals surface area contributed by atoms with Crippen LogP contribution >= 0.6 is 0 Å². The van der Waals surface area contributed by atoms with Gasteiger partial charge in [-0.1, -0.05) is 39.0 Å². The molecule has 1 heterocycles. The highest BCUT2D eigenvalue weighted by Gasteiger charge is 2.21. The molecule has 0 aromatic heterocycles. The van der Waals surface area contributed by atoms with Crippen LogP contribution in [0.5, 0.6) is 0 Å². The van der Waals surface area contributed by atoms with E-state index in [1.807, 2.05) is 0 Å². The van der Waals surface area contributed by atoms with E-state index in [2.05, 4.69) is 49.2 Å². The average molecular weight is 174 g/mol. The van der Waals surface area contributed by atoms with Crippen LogP contribution in [0, 0.1) is 0 Å². The number of rotatable bonds is 0. The molecule has 2 heteroatoms. The van der Waals surface area contributed by atoms with Gasteiger partial charge in [0.15, 0.2) is 0 Å². The van der Waals surface area contributed by atoms with Gasteiger partial charge in [0.1, 0.15) is 0 Å². The molecule has 13 heavy (non-hydrogen) atoms. The highest BCUT2D eigenvalue weighted by Crippen LogP contribution is 2.37. The Balaban J connectivity index is 2.59. The molecule has 0 fully saturated rings. The van der Waals surface area contributed by atoms with Crippen molar-refractivity contribution < 1.29 is 0 Å². The van der Waals surface area contributed by atoms with E-state index in [0.29, 0.717) is 0 Å². The van der Waals surface area contributed by atoms with Crippen molar-refractivity contribution in [3.8, 4) is 0 Å². The molecule has 2 nitrogen and oxygen atoms in total. The zero-order valence-electron chi connectivity index (χ0n) is 8.33. The van der Waals surface area contributed by atoms with Gasteiger partial charge < -0.3 is 0 Å². The Bertz CT molecular complexity index is 359. The summed E-state index contributed by atoms with van der Waals surface area (Å²) in [4.78, 5) is 0. The summed E-state index contributed by atoms with van der Waals surface area (Å²) in [5.74, 6) is 0. The third-order valence-corrected chi connectivity index (χ3v) is 2.34. The lowest BCUT2D eigenvalue weighted by Gasteiger charge is -2.20. The smallest absolute Gasteiger partial charge is 0.0941 e. The first kappa shape index (κ1) is 8.42. The monoisotopic (exact) mass is 174 g/mol. The molecule has 2 rings (SSSR count). The molecular formula is C11H14N2. The van der Waals surface area contributed by atoms with Crippen molar-refractivity contribution in [2.45, 2.75) is 32.7 Å². The summed E-state index contributed by atoms with van der Waals surface area (Å²) in [6.45, 7) is 7.36. The SMILES string of the molecule is CC(C)(C)c1cccc2c1N=NC2. The number of benzene rings is 1. The van der Waals surface area contributed by atoms with Crippen molar-refractivity contribution in [1.82, 2.24) is 0 Å². The largest absolute Gasteiger partial charge is 0.184 e. The molecule has 0 saturated heterocycles. The van der Waals surface area contributed by atoms with Gasteiger partial charge in [0.2, 0.25) is 0 Å². The molecular weight excluding hydrogens is 160 g/mol. The topological polar surface area (TPSA) is 24.7 Å². The average Bonchev–Trinajstić information content (AvgIpc) is 2.48. The van der Waals surface area contributed by atoms with Crippen LogP contribution in [0.15, 0.2) is 28.4 Å². The van der Waals surface area contributed by atoms with Gasteiger partial charge in [0.05, 0.1) is 12.2 Å². The van der Waals surface area contributed by atoms with E-state index in [9.17, 15) is 0 Å². The molecule has 0 aliphatic carbocycles. The number of hydrogen-bond acceptors (Lipinski definition) is 2. The molecule has 68 valence electrons. The minimum atomic E-state index is 0.161. The maximum absolute atomic E-state index is 4.19. The fourth-order valence-electron chi connectivity index (χ4n) is 1.62. The van der Waals surface area contributed by atoms with Crippen LogP contribution in [0.25, 0.3) is 0 Å². The van der Waals surface area contributed by atoms with Gasteiger partial charge in [-0.15, -0.1) is 0 Å². The molecule has 0 radical (unpaired) electrons. The Morgan fingerprint density at radius 2 is 2.00 bits per heavy atom. The molecule has 0 atom stereocenters. The molecule has 0 unspecified atom stereocenters. The Morgan fingerprint density at radius 3 is 2.69 bits per heavy atom. The molecule has 1 aromatic rings. The van der Waals surface area contributed by atoms with E-state index in [1.165, 1.54) is 11.1 Å². The lowest BCUT2D eigenvalue weighted by atomic mass is 9.85. The quantitative estimate of drug-likeness (QED) is 0.574. The number of nitrogens with zero attached hydrogens (tertiary/aromatic N) is 2. The lowest BCUT2D eigenvalue weighted by Crippen LogP contribution is -2.11. The number of hydrogen-bond donors (Lipinski definition) is 0. The predicted molar refractivity (Wildman–Crippen MR) is 53.4 cm³/mol. The van der Waals surface area contributed by atoms with Crippen molar-refractivity contribution in [3.63, 3.8) is 0 Å². The number of azo groups is 1. The van der Waals surface area contributed by atoms with Crippen LogP contribution in [0.4, 0.5) is 5.69 Å². The molecule has 1 aliphatic heterocycles. The van der Waals surface area contributed by atoms with Gasteiger partial charge >= 0.3 is 0 Å². The Labute approximate surface area is 78.7 Å². The zero-order chi connectivity index (χ0) is 9.47. The lowest BCUT2D eigenvalue weighted by molar-refractivity contribution is 0.591. The van der Waals surface area contributed by atoms with Gasteiger partial charge in [-0.3, -0.25) is 0 Å². The Hall–Kier alpha value is -1.18. The fraction of sp³-hybridized carbons (Fsp3) is 0.455. The van der Waals surface area contributed by atoms with Crippen LogP contribution in [0.3, 0.4) is 0 Å². The summed E-state index contributed by atoms with van der Waals surface area (Å²) in [5.41, 5.74) is 3.81. The maximum Gasteiger partial charge on any atom is 0.0941 e. The summed E-state index contributed by atoms with van der Waals surface area (Å²) in [5, 5.41) is 8.24. The first-order valence-corrected chi connectivity index (χ1v) is 4.59. The first-order chi connectivity index (χ1) is 6.09. The molecule has 0 spiro atoms. The fourth-order valence-corrected chi connectivity index (χ4v) is 1.62. The van der Waals surface area contributed by atoms with E-state index in [-0.39, 0.29) is 5.41 Å². The van der Waals surface area contributed by atoms with E-state index in [4.69, 9.17) is 0 Å². The van der Waals surface area contributed by atoms with Gasteiger partial charge in [0.25, 0.3) is 0 Å². The van der Waals surface area contributed by atoms with Crippen molar-refractivity contribution in [2.75, 3.05) is 0 Å². The molecule has 1 aromatic carbocycles. The highest BCUT2D eigenvalue weighted by molar-refractivity contribution is 5.56. The molecule has 0 saturated carbocycles. The van der Waals surface area contributed by atoms with Gasteiger partial charge in [0, 0.05) is 5.56 Å².